The molecule has 40 heavy (non-hydrogen) atoms. The van der Waals surface area contributed by atoms with Gasteiger partial charge >= 0.3 is 5.97 Å². The first-order valence-corrected chi connectivity index (χ1v) is 14.1. The molecular weight excluding hydrogens is 510 g/mol. The molecule has 2 atom stereocenters. The summed E-state index contributed by atoms with van der Waals surface area (Å²) in [5, 5.41) is 7.88. The Morgan fingerprint density at radius 1 is 1.18 bits per heavy atom. The van der Waals surface area contributed by atoms with E-state index in [1.54, 1.807) is 0 Å². The topological polar surface area (TPSA) is 126 Å². The first-order valence-electron chi connectivity index (χ1n) is 14.1. The summed E-state index contributed by atoms with van der Waals surface area (Å²) in [5.41, 5.74) is 12.3. The molecule has 2 aliphatic rings. The molecule has 0 bridgehead atoms. The normalized spacial score (nSPS) is 22.8. The van der Waals surface area contributed by atoms with Crippen LogP contribution in [0.2, 0.25) is 0 Å². The Hall–Kier alpha value is -3.62. The molecule has 1 saturated heterocycles. The molecule has 1 fully saturated rings. The lowest BCUT2D eigenvalue weighted by molar-refractivity contribution is -0.137. The molecule has 2 heterocycles. The Morgan fingerprint density at radius 3 is 2.75 bits per heavy atom. The number of likely N-dealkylation sites (tertiary alicyclic amines) is 1. The molecule has 0 N–H and O–H groups in total. The molecule has 3 rings (SSSR count). The third-order valence-electron chi connectivity index (χ3n) is 6.82. The average Bonchev–Trinajstić information content (AvgIpc) is 2.92. The standard InChI is InChI=1S/C30H41N5O5/c1-22-18-23(2)29-25(19-22)20-26(33-39-21-28(36)35-15-5-4-6-16-35)11-8-13-27(38-17-9-14-32-34-31)12-7-10-24(3)40-30(29)37/h7-8,11-12,18-19,24,27H,4-6,9-10,13-17,20-21H2,1-3H3/b11-8+,12-7+,33-26?/t24-,27-/m1/s1. The number of piperidine rings is 1. The first-order chi connectivity index (χ1) is 19.4. The number of aryl methyl sites for hydroxylation is 2. The number of ether oxygens (including phenoxy) is 2. The number of hydrogen-bond donors (Lipinski definition) is 0. The average molecular weight is 552 g/mol. The van der Waals surface area contributed by atoms with Crippen LogP contribution in [-0.2, 0) is 25.5 Å². The van der Waals surface area contributed by atoms with Gasteiger partial charge in [-0.15, -0.1) is 0 Å². The van der Waals surface area contributed by atoms with Gasteiger partial charge in [0.2, 0.25) is 0 Å². The Bertz CT molecular complexity index is 1150. The van der Waals surface area contributed by atoms with E-state index in [9.17, 15) is 9.59 Å². The number of cyclic esters (lactones) is 1. The number of allylic oxidation sites excluding steroid dienone is 1. The summed E-state index contributed by atoms with van der Waals surface area (Å²) in [4.78, 5) is 36.0. The molecule has 216 valence electrons. The van der Waals surface area contributed by atoms with Crippen LogP contribution < -0.4 is 0 Å². The minimum atomic E-state index is -0.374. The van der Waals surface area contributed by atoms with Gasteiger partial charge in [0.05, 0.1) is 17.4 Å². The minimum absolute atomic E-state index is 0.0714. The van der Waals surface area contributed by atoms with Crippen molar-refractivity contribution >= 4 is 17.6 Å². The van der Waals surface area contributed by atoms with Crippen molar-refractivity contribution in [3.05, 3.63) is 69.1 Å². The Balaban J connectivity index is 1.84. The van der Waals surface area contributed by atoms with E-state index in [0.29, 0.717) is 50.1 Å². The quantitative estimate of drug-likeness (QED) is 0.0771. The summed E-state index contributed by atoms with van der Waals surface area (Å²) >= 11 is 0. The molecule has 10 heteroatoms. The molecule has 0 radical (unpaired) electrons. The van der Waals surface area contributed by atoms with E-state index in [1.807, 2.05) is 62.1 Å². The van der Waals surface area contributed by atoms with Crippen molar-refractivity contribution < 1.29 is 23.9 Å². The van der Waals surface area contributed by atoms with Gasteiger partial charge in [-0.05, 0) is 75.6 Å². The van der Waals surface area contributed by atoms with Gasteiger partial charge in [-0.25, -0.2) is 4.79 Å². The van der Waals surface area contributed by atoms with E-state index in [4.69, 9.17) is 19.8 Å². The van der Waals surface area contributed by atoms with Crippen LogP contribution in [0.4, 0.5) is 0 Å². The lowest BCUT2D eigenvalue weighted by atomic mass is 9.95. The van der Waals surface area contributed by atoms with Crippen LogP contribution >= 0.6 is 0 Å². The number of oxime groups is 1. The van der Waals surface area contributed by atoms with Gasteiger partial charge in [-0.2, -0.15) is 0 Å². The second kappa shape index (κ2) is 16.5. The molecule has 1 aromatic carbocycles. The zero-order valence-electron chi connectivity index (χ0n) is 23.9. The van der Waals surface area contributed by atoms with Crippen LogP contribution in [0.3, 0.4) is 0 Å². The van der Waals surface area contributed by atoms with E-state index in [0.717, 1.165) is 49.0 Å². The molecule has 1 amide bonds. The molecular formula is C30H41N5O5. The predicted molar refractivity (Wildman–Crippen MR) is 154 cm³/mol. The Kier molecular flexibility index (Phi) is 12.7. The molecule has 0 unspecified atom stereocenters. The maximum Gasteiger partial charge on any atom is 0.338 e. The fraction of sp³-hybridized carbons (Fsp3) is 0.567. The third kappa shape index (κ3) is 10.2. The molecule has 0 aromatic heterocycles. The van der Waals surface area contributed by atoms with Gasteiger partial charge in [-0.1, -0.05) is 46.2 Å². The molecule has 0 saturated carbocycles. The van der Waals surface area contributed by atoms with Gasteiger partial charge in [0.15, 0.2) is 6.61 Å². The smallest absolute Gasteiger partial charge is 0.338 e. The van der Waals surface area contributed by atoms with Crippen LogP contribution in [0.5, 0.6) is 0 Å². The van der Waals surface area contributed by atoms with E-state index >= 15 is 0 Å². The molecule has 0 spiro atoms. The summed E-state index contributed by atoms with van der Waals surface area (Å²) in [6, 6.07) is 3.94. The SMILES string of the molecule is Cc1cc(C)c2c(c1)CC(=NOCC(=O)N1CCCCC1)/C=C/C[C@H](OCCCN=[N+]=[N-])/C=C/C[C@@H](C)OC2=O. The van der Waals surface area contributed by atoms with Crippen LogP contribution in [-0.4, -0.2) is 67.5 Å². The predicted octanol–water partition coefficient (Wildman–Crippen LogP) is 5.77. The first kappa shape index (κ1) is 30.9. The summed E-state index contributed by atoms with van der Waals surface area (Å²) in [5.74, 6) is -0.446. The highest BCUT2D eigenvalue weighted by Crippen LogP contribution is 2.22. The number of nitrogens with zero attached hydrogens (tertiary/aromatic N) is 5. The van der Waals surface area contributed by atoms with Crippen LogP contribution in [0, 0.1) is 13.8 Å². The highest BCUT2D eigenvalue weighted by molar-refractivity contribution is 6.00. The Labute approximate surface area is 236 Å². The molecule has 0 aliphatic carbocycles. The number of hydrogen-bond acceptors (Lipinski definition) is 7. The Morgan fingerprint density at radius 2 is 1.98 bits per heavy atom. The van der Waals surface area contributed by atoms with Crippen LogP contribution in [0.15, 0.2) is 46.7 Å². The van der Waals surface area contributed by atoms with E-state index < -0.39 is 0 Å². The van der Waals surface area contributed by atoms with Gasteiger partial charge in [0.1, 0.15) is 6.10 Å². The van der Waals surface area contributed by atoms with Crippen molar-refractivity contribution in [3.8, 4) is 0 Å². The lowest BCUT2D eigenvalue weighted by Crippen LogP contribution is -2.37. The van der Waals surface area contributed by atoms with Crippen molar-refractivity contribution in [2.45, 2.75) is 77.9 Å². The zero-order chi connectivity index (χ0) is 28.7. The number of rotatable bonds is 8. The monoisotopic (exact) mass is 551 g/mol. The zero-order valence-corrected chi connectivity index (χ0v) is 23.9. The summed E-state index contributed by atoms with van der Waals surface area (Å²) < 4.78 is 11.8. The lowest BCUT2D eigenvalue weighted by Gasteiger charge is -2.26. The summed E-state index contributed by atoms with van der Waals surface area (Å²) in [6.45, 7) is 7.96. The van der Waals surface area contributed by atoms with Crippen LogP contribution in [0.25, 0.3) is 10.4 Å². The fourth-order valence-corrected chi connectivity index (χ4v) is 4.88. The number of azide groups is 1. The number of carbonyl (C=O) groups excluding carboxylic acids is 2. The van der Waals surface area contributed by atoms with E-state index in [1.165, 1.54) is 0 Å². The number of fused-ring (bicyclic) bond motifs is 1. The van der Waals surface area contributed by atoms with Crippen molar-refractivity contribution in [1.82, 2.24) is 4.90 Å². The van der Waals surface area contributed by atoms with Gasteiger partial charge in [-0.3, -0.25) is 4.79 Å². The molecule has 2 aliphatic heterocycles. The minimum Gasteiger partial charge on any atom is -0.459 e. The second-order valence-electron chi connectivity index (χ2n) is 10.3. The highest BCUT2D eigenvalue weighted by Gasteiger charge is 2.21. The van der Waals surface area contributed by atoms with Gasteiger partial charge < -0.3 is 19.2 Å². The van der Waals surface area contributed by atoms with Crippen molar-refractivity contribution in [2.24, 2.45) is 10.3 Å². The maximum atomic E-state index is 13.3. The maximum absolute atomic E-state index is 13.3. The number of amides is 1. The van der Waals surface area contributed by atoms with Crippen molar-refractivity contribution in [1.29, 1.82) is 0 Å². The largest absolute Gasteiger partial charge is 0.459 e. The van der Waals surface area contributed by atoms with Crippen molar-refractivity contribution in [3.63, 3.8) is 0 Å². The number of benzene rings is 1. The molecule has 10 nitrogen and oxygen atoms in total. The number of esters is 1. The fourth-order valence-electron chi connectivity index (χ4n) is 4.88. The third-order valence-corrected chi connectivity index (χ3v) is 6.82. The van der Waals surface area contributed by atoms with Crippen LogP contribution in [0.1, 0.15) is 72.5 Å². The second-order valence-corrected chi connectivity index (χ2v) is 10.3. The molecule has 1 aromatic rings. The summed E-state index contributed by atoms with van der Waals surface area (Å²) in [7, 11) is 0. The van der Waals surface area contributed by atoms with Crippen molar-refractivity contribution in [2.75, 3.05) is 32.8 Å². The summed E-state index contributed by atoms with van der Waals surface area (Å²) in [6.07, 6.45) is 12.5. The van der Waals surface area contributed by atoms with E-state index in [-0.39, 0.29) is 30.7 Å². The van der Waals surface area contributed by atoms with Gasteiger partial charge in [0.25, 0.3) is 5.91 Å². The van der Waals surface area contributed by atoms with Gasteiger partial charge in [0, 0.05) is 44.0 Å². The highest BCUT2D eigenvalue weighted by atomic mass is 16.6. The van der Waals surface area contributed by atoms with E-state index in [2.05, 4.69) is 15.2 Å². The number of carbonyl (C=O) groups is 2.